The normalized spacial score (nSPS) is 10.6. The summed E-state index contributed by atoms with van der Waals surface area (Å²) in [5.74, 6) is -0.0827. The number of hydrogen-bond donors (Lipinski definition) is 2. The summed E-state index contributed by atoms with van der Waals surface area (Å²) in [6.45, 7) is 1.85. The number of likely N-dealkylation sites (N-methyl/N-ethyl adjacent to an activating group) is 1. The van der Waals surface area contributed by atoms with E-state index < -0.39 is 0 Å². The number of pyridine rings is 2. The third-order valence-electron chi connectivity index (χ3n) is 3.59. The number of hydrogen-bond acceptors (Lipinski definition) is 4. The molecule has 24 heavy (non-hydrogen) atoms. The summed E-state index contributed by atoms with van der Waals surface area (Å²) in [5, 5.41) is 3.42. The average Bonchev–Trinajstić information content (AvgIpc) is 2.98. The van der Waals surface area contributed by atoms with Gasteiger partial charge in [-0.05, 0) is 36.8 Å². The number of fused-ring (bicyclic) bond motifs is 1. The van der Waals surface area contributed by atoms with Gasteiger partial charge in [0.05, 0.1) is 12.1 Å². The number of carbonyl (C=O) groups is 2. The monoisotopic (exact) mass is 323 g/mol. The average molecular weight is 323 g/mol. The lowest BCUT2D eigenvalue weighted by Gasteiger charge is -2.16. The molecule has 7 heteroatoms. The Morgan fingerprint density at radius 3 is 2.88 bits per heavy atom. The lowest BCUT2D eigenvalue weighted by Crippen LogP contribution is -2.35. The number of aryl methyl sites for hydroxylation is 1. The minimum Gasteiger partial charge on any atom is -0.345 e. The van der Waals surface area contributed by atoms with Crippen molar-refractivity contribution in [3.8, 4) is 0 Å². The Kier molecular flexibility index (Phi) is 4.24. The van der Waals surface area contributed by atoms with Gasteiger partial charge < -0.3 is 15.2 Å². The fourth-order valence-corrected chi connectivity index (χ4v) is 2.41. The van der Waals surface area contributed by atoms with Crippen LogP contribution >= 0.6 is 0 Å². The van der Waals surface area contributed by atoms with Crippen molar-refractivity contribution in [1.29, 1.82) is 0 Å². The van der Waals surface area contributed by atoms with Crippen LogP contribution in [-0.4, -0.2) is 45.3 Å². The predicted molar refractivity (Wildman–Crippen MR) is 90.7 cm³/mol. The molecule has 3 rings (SSSR count). The summed E-state index contributed by atoms with van der Waals surface area (Å²) < 4.78 is 0. The Balaban J connectivity index is 1.69. The van der Waals surface area contributed by atoms with Crippen LogP contribution in [0.3, 0.4) is 0 Å². The number of nitrogens with one attached hydrogen (secondary N) is 2. The van der Waals surface area contributed by atoms with Crippen molar-refractivity contribution < 1.29 is 9.59 Å². The maximum Gasteiger partial charge on any atom is 0.256 e. The SMILES string of the molecule is Cc1ccnc(NC(=O)CN(C)C(=O)c2c[nH]c3ncccc23)c1. The minimum atomic E-state index is -0.304. The van der Waals surface area contributed by atoms with Gasteiger partial charge in [-0.15, -0.1) is 0 Å². The third kappa shape index (κ3) is 3.24. The molecule has 0 saturated carbocycles. The fourth-order valence-electron chi connectivity index (χ4n) is 2.41. The number of nitrogens with zero attached hydrogens (tertiary/aromatic N) is 3. The van der Waals surface area contributed by atoms with Crippen molar-refractivity contribution in [1.82, 2.24) is 19.9 Å². The van der Waals surface area contributed by atoms with E-state index in [1.165, 1.54) is 4.90 Å². The van der Waals surface area contributed by atoms with Crippen LogP contribution in [-0.2, 0) is 4.79 Å². The summed E-state index contributed by atoms with van der Waals surface area (Å²) >= 11 is 0. The molecule has 0 fully saturated rings. The second kappa shape index (κ2) is 6.49. The van der Waals surface area contributed by atoms with Crippen LogP contribution in [0.2, 0.25) is 0 Å². The number of H-pyrrole nitrogens is 1. The molecule has 0 atom stereocenters. The number of amides is 2. The van der Waals surface area contributed by atoms with Gasteiger partial charge in [-0.25, -0.2) is 9.97 Å². The summed E-state index contributed by atoms with van der Waals surface area (Å²) in [6.07, 6.45) is 4.88. The minimum absolute atomic E-state index is 0.0681. The quantitative estimate of drug-likeness (QED) is 0.768. The zero-order valence-corrected chi connectivity index (χ0v) is 13.4. The van der Waals surface area contributed by atoms with Crippen LogP contribution < -0.4 is 5.32 Å². The van der Waals surface area contributed by atoms with Crippen LogP contribution in [0.25, 0.3) is 11.0 Å². The standard InChI is InChI=1S/C17H17N5O2/c1-11-5-7-18-14(8-11)21-15(23)10-22(2)17(24)13-9-20-16-12(13)4-3-6-19-16/h3-9H,10H2,1-2H3,(H,19,20)(H,18,21,23). The fraction of sp³-hybridized carbons (Fsp3) is 0.176. The molecular formula is C17H17N5O2. The third-order valence-corrected chi connectivity index (χ3v) is 3.59. The molecule has 2 N–H and O–H groups in total. The molecule has 0 bridgehead atoms. The smallest absolute Gasteiger partial charge is 0.256 e. The Morgan fingerprint density at radius 2 is 2.08 bits per heavy atom. The zero-order chi connectivity index (χ0) is 17.1. The van der Waals surface area contributed by atoms with Gasteiger partial charge in [-0.1, -0.05) is 0 Å². The first kappa shape index (κ1) is 15.7. The van der Waals surface area contributed by atoms with Gasteiger partial charge in [-0.3, -0.25) is 9.59 Å². The highest BCUT2D eigenvalue weighted by Crippen LogP contribution is 2.17. The molecule has 7 nitrogen and oxygen atoms in total. The lowest BCUT2D eigenvalue weighted by molar-refractivity contribution is -0.116. The van der Waals surface area contributed by atoms with Gasteiger partial charge in [0, 0.05) is 31.0 Å². The van der Waals surface area contributed by atoms with E-state index in [4.69, 9.17) is 0 Å². The highest BCUT2D eigenvalue weighted by Gasteiger charge is 2.18. The van der Waals surface area contributed by atoms with Crippen molar-refractivity contribution >= 4 is 28.7 Å². The molecule has 0 spiro atoms. The molecule has 0 aliphatic carbocycles. The molecule has 0 unspecified atom stereocenters. The molecule has 3 aromatic rings. The number of carbonyl (C=O) groups excluding carboxylic acids is 2. The first-order valence-corrected chi connectivity index (χ1v) is 7.44. The van der Waals surface area contributed by atoms with Gasteiger partial charge in [0.15, 0.2) is 0 Å². The number of rotatable bonds is 4. The Hall–Kier alpha value is -3.22. The molecule has 0 radical (unpaired) electrons. The van der Waals surface area contributed by atoms with Crippen molar-refractivity contribution in [3.05, 3.63) is 54.0 Å². The van der Waals surface area contributed by atoms with E-state index >= 15 is 0 Å². The number of aromatic nitrogens is 3. The van der Waals surface area contributed by atoms with Crippen molar-refractivity contribution in [2.45, 2.75) is 6.92 Å². The molecule has 0 saturated heterocycles. The summed E-state index contributed by atoms with van der Waals surface area (Å²) in [6, 6.07) is 7.20. The highest BCUT2D eigenvalue weighted by atomic mass is 16.2. The van der Waals surface area contributed by atoms with E-state index in [2.05, 4.69) is 20.3 Å². The van der Waals surface area contributed by atoms with Crippen LogP contribution in [0, 0.1) is 6.92 Å². The molecule has 0 aromatic carbocycles. The summed E-state index contributed by atoms with van der Waals surface area (Å²) in [4.78, 5) is 37.2. The second-order valence-corrected chi connectivity index (χ2v) is 5.53. The first-order valence-electron chi connectivity index (χ1n) is 7.44. The molecule has 0 aliphatic rings. The van der Waals surface area contributed by atoms with Gasteiger partial charge in [-0.2, -0.15) is 0 Å². The largest absolute Gasteiger partial charge is 0.345 e. The van der Waals surface area contributed by atoms with Gasteiger partial charge in [0.2, 0.25) is 5.91 Å². The second-order valence-electron chi connectivity index (χ2n) is 5.53. The Labute approximate surface area is 138 Å². The van der Waals surface area contributed by atoms with Crippen molar-refractivity contribution in [2.24, 2.45) is 0 Å². The molecular weight excluding hydrogens is 306 g/mol. The van der Waals surface area contributed by atoms with Crippen LogP contribution in [0.4, 0.5) is 5.82 Å². The first-order chi connectivity index (χ1) is 11.5. The molecule has 2 amide bonds. The zero-order valence-electron chi connectivity index (χ0n) is 13.4. The number of anilines is 1. The van der Waals surface area contributed by atoms with Crippen molar-refractivity contribution in [3.63, 3.8) is 0 Å². The van der Waals surface area contributed by atoms with E-state index in [1.807, 2.05) is 19.1 Å². The Morgan fingerprint density at radius 1 is 1.25 bits per heavy atom. The van der Waals surface area contributed by atoms with Crippen molar-refractivity contribution in [2.75, 3.05) is 18.9 Å². The molecule has 3 heterocycles. The lowest BCUT2D eigenvalue weighted by atomic mass is 10.2. The molecule has 3 aromatic heterocycles. The van der Waals surface area contributed by atoms with Crippen LogP contribution in [0.1, 0.15) is 15.9 Å². The maximum atomic E-state index is 12.5. The topological polar surface area (TPSA) is 91.0 Å². The van der Waals surface area contributed by atoms with Gasteiger partial charge in [0.1, 0.15) is 11.5 Å². The Bertz CT molecular complexity index is 903. The maximum absolute atomic E-state index is 12.5. The van der Waals surface area contributed by atoms with E-state index in [1.54, 1.807) is 37.8 Å². The van der Waals surface area contributed by atoms with Crippen LogP contribution in [0.5, 0.6) is 0 Å². The highest BCUT2D eigenvalue weighted by molar-refractivity contribution is 6.07. The molecule has 0 aliphatic heterocycles. The van der Waals surface area contributed by atoms with E-state index in [0.29, 0.717) is 17.0 Å². The number of aromatic amines is 1. The summed E-state index contributed by atoms with van der Waals surface area (Å²) in [7, 11) is 1.58. The van der Waals surface area contributed by atoms with Gasteiger partial charge in [0.25, 0.3) is 5.91 Å². The predicted octanol–water partition coefficient (Wildman–Crippen LogP) is 1.98. The van der Waals surface area contributed by atoms with E-state index in [0.717, 1.165) is 10.9 Å². The van der Waals surface area contributed by atoms with E-state index in [-0.39, 0.29) is 18.4 Å². The van der Waals surface area contributed by atoms with Crippen LogP contribution in [0.15, 0.2) is 42.9 Å². The van der Waals surface area contributed by atoms with E-state index in [9.17, 15) is 9.59 Å². The summed E-state index contributed by atoms with van der Waals surface area (Å²) in [5.41, 5.74) is 2.13. The molecule has 122 valence electrons. The van der Waals surface area contributed by atoms with Gasteiger partial charge >= 0.3 is 0 Å².